The maximum atomic E-state index is 6.19. The van der Waals surface area contributed by atoms with Crippen molar-refractivity contribution in [3.8, 4) is 0 Å². The molecule has 15 heavy (non-hydrogen) atoms. The number of halogens is 1. The Bertz CT molecular complexity index is 363. The van der Waals surface area contributed by atoms with Gasteiger partial charge in [-0.15, -0.1) is 0 Å². The number of hydrogen-bond acceptors (Lipinski definition) is 2. The van der Waals surface area contributed by atoms with E-state index < -0.39 is 0 Å². The quantitative estimate of drug-likeness (QED) is 0.837. The summed E-state index contributed by atoms with van der Waals surface area (Å²) in [4.78, 5) is 2.40. The minimum atomic E-state index is 0.332. The van der Waals surface area contributed by atoms with E-state index >= 15 is 0 Å². The van der Waals surface area contributed by atoms with Gasteiger partial charge in [0, 0.05) is 30.2 Å². The van der Waals surface area contributed by atoms with Gasteiger partial charge in [0.1, 0.15) is 0 Å². The molecule has 1 unspecified atom stereocenters. The van der Waals surface area contributed by atoms with Crippen LogP contribution in [-0.4, -0.2) is 17.5 Å². The summed E-state index contributed by atoms with van der Waals surface area (Å²) in [5.41, 5.74) is 8.40. The van der Waals surface area contributed by atoms with Gasteiger partial charge in [0.15, 0.2) is 0 Å². The van der Waals surface area contributed by atoms with Crippen LogP contribution in [0, 0.1) is 0 Å². The molecule has 0 saturated carbocycles. The van der Waals surface area contributed by atoms with E-state index in [0.717, 1.165) is 11.6 Å². The Labute approximate surface area is 96.0 Å². The topological polar surface area (TPSA) is 29.3 Å². The van der Waals surface area contributed by atoms with Crippen LogP contribution in [0.4, 0.5) is 0 Å². The molecule has 0 bridgehead atoms. The molecule has 1 aromatic rings. The normalized spacial score (nSPS) is 21.0. The molecule has 0 amide bonds. The highest BCUT2D eigenvalue weighted by atomic mass is 35.5. The second-order valence-electron chi connectivity index (χ2n) is 4.33. The van der Waals surface area contributed by atoms with Crippen molar-refractivity contribution in [3.63, 3.8) is 0 Å². The summed E-state index contributed by atoms with van der Waals surface area (Å²) >= 11 is 6.19. The van der Waals surface area contributed by atoms with Gasteiger partial charge in [-0.1, -0.05) is 23.7 Å². The molecule has 1 atom stereocenters. The van der Waals surface area contributed by atoms with Crippen molar-refractivity contribution in [1.82, 2.24) is 4.90 Å². The first-order valence-electron chi connectivity index (χ1n) is 5.38. The predicted molar refractivity (Wildman–Crippen MR) is 63.9 cm³/mol. The molecule has 2 nitrogen and oxygen atoms in total. The Balaban J connectivity index is 2.41. The molecular formula is C12H17ClN2. The Morgan fingerprint density at radius 1 is 1.53 bits per heavy atom. The summed E-state index contributed by atoms with van der Waals surface area (Å²) < 4.78 is 0. The van der Waals surface area contributed by atoms with Gasteiger partial charge in [-0.2, -0.15) is 0 Å². The minimum Gasteiger partial charge on any atom is -0.329 e. The van der Waals surface area contributed by atoms with Gasteiger partial charge in [-0.3, -0.25) is 4.90 Å². The van der Waals surface area contributed by atoms with E-state index in [2.05, 4.69) is 24.8 Å². The van der Waals surface area contributed by atoms with E-state index in [0.29, 0.717) is 18.6 Å². The van der Waals surface area contributed by atoms with E-state index in [9.17, 15) is 0 Å². The predicted octanol–water partition coefficient (Wildman–Crippen LogP) is 2.56. The van der Waals surface area contributed by atoms with Gasteiger partial charge < -0.3 is 5.73 Å². The summed E-state index contributed by atoms with van der Waals surface area (Å²) in [6, 6.07) is 6.94. The monoisotopic (exact) mass is 224 g/mol. The Kier molecular flexibility index (Phi) is 3.01. The highest BCUT2D eigenvalue weighted by molar-refractivity contribution is 6.31. The van der Waals surface area contributed by atoms with Crippen molar-refractivity contribution in [1.29, 1.82) is 0 Å². The first-order chi connectivity index (χ1) is 7.15. The van der Waals surface area contributed by atoms with E-state index in [4.69, 9.17) is 17.3 Å². The fourth-order valence-electron chi connectivity index (χ4n) is 2.33. The van der Waals surface area contributed by atoms with Gasteiger partial charge in [0.25, 0.3) is 0 Å². The summed E-state index contributed by atoms with van der Waals surface area (Å²) in [5, 5.41) is 0.870. The SMILES string of the molecule is CC(C)N1Cc2c(Cl)cccc2C1CN. The van der Waals surface area contributed by atoms with Crippen molar-refractivity contribution < 1.29 is 0 Å². The van der Waals surface area contributed by atoms with E-state index in [-0.39, 0.29) is 0 Å². The molecule has 2 N–H and O–H groups in total. The maximum absolute atomic E-state index is 6.19. The average Bonchev–Trinajstić information content (AvgIpc) is 2.57. The maximum Gasteiger partial charge on any atom is 0.0480 e. The van der Waals surface area contributed by atoms with Crippen LogP contribution >= 0.6 is 11.6 Å². The van der Waals surface area contributed by atoms with E-state index in [1.165, 1.54) is 11.1 Å². The third-order valence-corrected chi connectivity index (χ3v) is 3.50. The molecule has 0 fully saturated rings. The van der Waals surface area contributed by atoms with Gasteiger partial charge in [-0.25, -0.2) is 0 Å². The lowest BCUT2D eigenvalue weighted by molar-refractivity contribution is 0.172. The fraction of sp³-hybridized carbons (Fsp3) is 0.500. The molecule has 1 aliphatic heterocycles. The largest absolute Gasteiger partial charge is 0.329 e. The molecule has 3 heteroatoms. The molecule has 1 aromatic carbocycles. The van der Waals surface area contributed by atoms with Gasteiger partial charge in [0.05, 0.1) is 0 Å². The summed E-state index contributed by atoms with van der Waals surface area (Å²) in [5.74, 6) is 0. The molecule has 1 heterocycles. The first kappa shape index (κ1) is 10.9. The lowest BCUT2D eigenvalue weighted by Crippen LogP contribution is -2.33. The van der Waals surface area contributed by atoms with Crippen LogP contribution in [0.3, 0.4) is 0 Å². The van der Waals surface area contributed by atoms with Gasteiger partial charge >= 0.3 is 0 Å². The highest BCUT2D eigenvalue weighted by Gasteiger charge is 2.31. The van der Waals surface area contributed by atoms with Crippen molar-refractivity contribution in [3.05, 3.63) is 34.3 Å². The number of rotatable bonds is 2. The zero-order valence-corrected chi connectivity index (χ0v) is 9.96. The van der Waals surface area contributed by atoms with Crippen LogP contribution in [-0.2, 0) is 6.54 Å². The summed E-state index contributed by atoms with van der Waals surface area (Å²) in [6.45, 7) is 5.98. The zero-order valence-electron chi connectivity index (χ0n) is 9.20. The minimum absolute atomic E-state index is 0.332. The number of benzene rings is 1. The van der Waals surface area contributed by atoms with Crippen LogP contribution in [0.25, 0.3) is 0 Å². The van der Waals surface area contributed by atoms with E-state index in [1.807, 2.05) is 12.1 Å². The third-order valence-electron chi connectivity index (χ3n) is 3.14. The van der Waals surface area contributed by atoms with Crippen molar-refractivity contribution in [2.75, 3.05) is 6.54 Å². The molecule has 0 saturated heterocycles. The molecule has 2 rings (SSSR count). The van der Waals surface area contributed by atoms with Crippen molar-refractivity contribution >= 4 is 11.6 Å². The number of fused-ring (bicyclic) bond motifs is 1. The summed E-state index contributed by atoms with van der Waals surface area (Å²) in [7, 11) is 0. The smallest absolute Gasteiger partial charge is 0.0480 e. The third kappa shape index (κ3) is 1.78. The molecule has 0 spiro atoms. The fourth-order valence-corrected chi connectivity index (χ4v) is 2.57. The molecule has 82 valence electrons. The summed E-state index contributed by atoms with van der Waals surface area (Å²) in [6.07, 6.45) is 0. The van der Waals surface area contributed by atoms with Gasteiger partial charge in [0.2, 0.25) is 0 Å². The average molecular weight is 225 g/mol. The van der Waals surface area contributed by atoms with Crippen molar-refractivity contribution in [2.45, 2.75) is 32.5 Å². The van der Waals surface area contributed by atoms with Crippen molar-refractivity contribution in [2.24, 2.45) is 5.73 Å². The zero-order chi connectivity index (χ0) is 11.0. The lowest BCUT2D eigenvalue weighted by Gasteiger charge is -2.27. The molecular weight excluding hydrogens is 208 g/mol. The first-order valence-corrected chi connectivity index (χ1v) is 5.76. The molecule has 0 aliphatic carbocycles. The molecule has 0 aromatic heterocycles. The van der Waals surface area contributed by atoms with Crippen LogP contribution in [0.5, 0.6) is 0 Å². The standard InChI is InChI=1S/C12H17ClN2/c1-8(2)15-7-10-9(12(15)6-14)4-3-5-11(10)13/h3-5,8,12H,6-7,14H2,1-2H3. The molecule has 0 radical (unpaired) electrons. The Morgan fingerprint density at radius 2 is 2.27 bits per heavy atom. The van der Waals surface area contributed by atoms with Crippen LogP contribution in [0.15, 0.2) is 18.2 Å². The Hall–Kier alpha value is -0.570. The number of nitrogens with two attached hydrogens (primary N) is 1. The number of hydrogen-bond donors (Lipinski definition) is 1. The Morgan fingerprint density at radius 3 is 2.87 bits per heavy atom. The second-order valence-corrected chi connectivity index (χ2v) is 4.73. The van der Waals surface area contributed by atoms with Crippen LogP contribution in [0.1, 0.15) is 31.0 Å². The van der Waals surface area contributed by atoms with Crippen LogP contribution in [0.2, 0.25) is 5.02 Å². The highest BCUT2D eigenvalue weighted by Crippen LogP contribution is 2.37. The van der Waals surface area contributed by atoms with Crippen LogP contribution < -0.4 is 5.73 Å². The number of nitrogens with zero attached hydrogens (tertiary/aromatic N) is 1. The lowest BCUT2D eigenvalue weighted by atomic mass is 10.0. The second kappa shape index (κ2) is 4.12. The molecule has 1 aliphatic rings. The van der Waals surface area contributed by atoms with E-state index in [1.54, 1.807) is 0 Å². The van der Waals surface area contributed by atoms with Gasteiger partial charge in [-0.05, 0) is 31.0 Å².